The van der Waals surface area contributed by atoms with E-state index in [1.807, 2.05) is 13.1 Å². The van der Waals surface area contributed by atoms with E-state index in [-0.39, 0.29) is 12.1 Å². The van der Waals surface area contributed by atoms with Crippen molar-refractivity contribution in [3.63, 3.8) is 0 Å². The van der Waals surface area contributed by atoms with E-state index in [0.717, 1.165) is 3.79 Å². The van der Waals surface area contributed by atoms with E-state index in [0.29, 0.717) is 13.1 Å². The second-order valence-electron chi connectivity index (χ2n) is 3.68. The van der Waals surface area contributed by atoms with Crippen LogP contribution in [-0.4, -0.2) is 36.2 Å². The number of hydrogen-bond donors (Lipinski definition) is 2. The summed E-state index contributed by atoms with van der Waals surface area (Å²) < 4.78 is 1.11. The molecule has 1 rings (SSSR count). The van der Waals surface area contributed by atoms with Gasteiger partial charge < -0.3 is 10.8 Å². The summed E-state index contributed by atoms with van der Waals surface area (Å²) in [6.45, 7) is 2.99. The quantitative estimate of drug-likeness (QED) is 0.870. The van der Waals surface area contributed by atoms with Crippen LogP contribution in [0.1, 0.15) is 17.8 Å². The first-order valence-electron chi connectivity index (χ1n) is 4.88. The van der Waals surface area contributed by atoms with Crippen molar-refractivity contribution < 1.29 is 5.11 Å². The van der Waals surface area contributed by atoms with Gasteiger partial charge in [-0.05, 0) is 42.0 Å². The lowest BCUT2D eigenvalue weighted by Gasteiger charge is -2.27. The lowest BCUT2D eigenvalue weighted by Crippen LogP contribution is -2.34. The highest BCUT2D eigenvalue weighted by atomic mass is 79.9. The summed E-state index contributed by atoms with van der Waals surface area (Å²) in [6.07, 6.45) is -0.326. The molecule has 0 spiro atoms. The van der Waals surface area contributed by atoms with Crippen molar-refractivity contribution >= 4 is 27.3 Å². The normalized spacial score (nSPS) is 15.6. The van der Waals surface area contributed by atoms with Crippen LogP contribution in [-0.2, 0) is 0 Å². The molecule has 0 amide bonds. The minimum Gasteiger partial charge on any atom is -0.392 e. The summed E-state index contributed by atoms with van der Waals surface area (Å²) >= 11 is 5.13. The summed E-state index contributed by atoms with van der Waals surface area (Å²) in [6, 6.07) is 4.29. The van der Waals surface area contributed by atoms with Crippen LogP contribution in [0, 0.1) is 0 Å². The Hall–Kier alpha value is 0.0600. The van der Waals surface area contributed by atoms with Gasteiger partial charge in [0.1, 0.15) is 0 Å². The van der Waals surface area contributed by atoms with Crippen molar-refractivity contribution in [3.05, 3.63) is 20.8 Å². The molecule has 86 valence electrons. The lowest BCUT2D eigenvalue weighted by atomic mass is 10.2. The highest BCUT2D eigenvalue weighted by Crippen LogP contribution is 2.29. The van der Waals surface area contributed by atoms with Crippen molar-refractivity contribution in [2.24, 2.45) is 5.73 Å². The zero-order chi connectivity index (χ0) is 11.4. The molecular weight excluding hydrogens is 276 g/mol. The van der Waals surface area contributed by atoms with Gasteiger partial charge in [-0.2, -0.15) is 0 Å². The fraction of sp³-hybridized carbons (Fsp3) is 0.600. The van der Waals surface area contributed by atoms with E-state index in [1.54, 1.807) is 18.3 Å². The number of nitrogens with zero attached hydrogens (tertiary/aromatic N) is 1. The number of aliphatic hydroxyl groups excluding tert-OH is 1. The molecule has 3 nitrogen and oxygen atoms in total. The second-order valence-corrected chi connectivity index (χ2v) is 6.18. The van der Waals surface area contributed by atoms with E-state index >= 15 is 0 Å². The van der Waals surface area contributed by atoms with Crippen LogP contribution in [0.4, 0.5) is 0 Å². The van der Waals surface area contributed by atoms with Gasteiger partial charge in [0.25, 0.3) is 0 Å². The summed E-state index contributed by atoms with van der Waals surface area (Å²) in [5.41, 5.74) is 5.76. The van der Waals surface area contributed by atoms with Crippen molar-refractivity contribution in [1.82, 2.24) is 4.90 Å². The molecule has 0 bridgehead atoms. The Morgan fingerprint density at radius 3 is 2.67 bits per heavy atom. The summed E-state index contributed by atoms with van der Waals surface area (Å²) in [7, 11) is 1.98. The molecule has 1 heterocycles. The predicted octanol–water partition coefficient (Wildman–Crippen LogP) is 1.82. The van der Waals surface area contributed by atoms with Crippen molar-refractivity contribution in [1.29, 1.82) is 0 Å². The third-order valence-electron chi connectivity index (χ3n) is 2.23. The number of halogens is 1. The smallest absolute Gasteiger partial charge is 0.0702 e. The van der Waals surface area contributed by atoms with E-state index in [1.165, 1.54) is 4.88 Å². The molecule has 1 aromatic rings. The summed E-state index contributed by atoms with van der Waals surface area (Å²) in [5.74, 6) is 0. The van der Waals surface area contributed by atoms with Crippen LogP contribution in [0.15, 0.2) is 15.9 Å². The average Bonchev–Trinajstić information content (AvgIpc) is 2.51. The van der Waals surface area contributed by atoms with Gasteiger partial charge in [0, 0.05) is 18.0 Å². The molecule has 0 saturated heterocycles. The Labute approximate surface area is 103 Å². The van der Waals surface area contributed by atoms with Crippen LogP contribution in [0.3, 0.4) is 0 Å². The SMILES string of the molecule is CC(O)CN(C)C(CN)c1ccc(Br)s1. The Balaban J connectivity index is 2.70. The molecule has 0 aliphatic rings. The fourth-order valence-corrected chi connectivity index (χ4v) is 3.17. The lowest BCUT2D eigenvalue weighted by molar-refractivity contribution is 0.120. The highest BCUT2D eigenvalue weighted by molar-refractivity contribution is 9.11. The Morgan fingerprint density at radius 2 is 2.27 bits per heavy atom. The highest BCUT2D eigenvalue weighted by Gasteiger charge is 2.18. The number of nitrogens with two attached hydrogens (primary N) is 1. The van der Waals surface area contributed by atoms with Gasteiger partial charge in [-0.15, -0.1) is 11.3 Å². The van der Waals surface area contributed by atoms with Gasteiger partial charge in [0.15, 0.2) is 0 Å². The van der Waals surface area contributed by atoms with Crippen LogP contribution >= 0.6 is 27.3 Å². The minimum atomic E-state index is -0.326. The van der Waals surface area contributed by atoms with Gasteiger partial charge in [-0.3, -0.25) is 4.90 Å². The maximum absolute atomic E-state index is 9.33. The first-order valence-corrected chi connectivity index (χ1v) is 6.49. The van der Waals surface area contributed by atoms with Gasteiger partial charge in [-0.25, -0.2) is 0 Å². The molecule has 0 fully saturated rings. The fourth-order valence-electron chi connectivity index (χ4n) is 1.56. The van der Waals surface area contributed by atoms with Crippen molar-refractivity contribution in [2.45, 2.75) is 19.1 Å². The minimum absolute atomic E-state index is 0.191. The van der Waals surface area contributed by atoms with Crippen LogP contribution in [0.2, 0.25) is 0 Å². The van der Waals surface area contributed by atoms with Gasteiger partial charge in [0.2, 0.25) is 0 Å². The molecule has 0 aliphatic carbocycles. The molecule has 15 heavy (non-hydrogen) atoms. The number of thiophene rings is 1. The molecular formula is C10H17BrN2OS. The number of likely N-dealkylation sites (N-methyl/N-ethyl adjacent to an activating group) is 1. The van der Waals surface area contributed by atoms with Crippen LogP contribution in [0.25, 0.3) is 0 Å². The maximum Gasteiger partial charge on any atom is 0.0702 e. The molecule has 2 atom stereocenters. The molecule has 2 unspecified atom stereocenters. The summed E-state index contributed by atoms with van der Waals surface area (Å²) in [5, 5.41) is 9.33. The van der Waals surface area contributed by atoms with Crippen molar-refractivity contribution in [3.8, 4) is 0 Å². The number of aliphatic hydroxyl groups is 1. The molecule has 3 N–H and O–H groups in total. The third-order valence-corrected chi connectivity index (χ3v) is 3.95. The molecule has 0 saturated carbocycles. The first kappa shape index (κ1) is 13.1. The predicted molar refractivity (Wildman–Crippen MR) is 68.1 cm³/mol. The zero-order valence-corrected chi connectivity index (χ0v) is 11.4. The Bertz CT molecular complexity index is 303. The van der Waals surface area contributed by atoms with Crippen LogP contribution in [0.5, 0.6) is 0 Å². The first-order chi connectivity index (χ1) is 7.04. The Morgan fingerprint density at radius 1 is 1.60 bits per heavy atom. The molecule has 0 radical (unpaired) electrons. The van der Waals surface area contributed by atoms with Crippen LogP contribution < -0.4 is 5.73 Å². The molecule has 1 aromatic heterocycles. The number of rotatable bonds is 5. The van der Waals surface area contributed by atoms with Gasteiger partial charge in [0.05, 0.1) is 15.9 Å². The van der Waals surface area contributed by atoms with E-state index in [4.69, 9.17) is 5.73 Å². The Kier molecular flexibility index (Phi) is 5.22. The van der Waals surface area contributed by atoms with E-state index in [2.05, 4.69) is 26.9 Å². The topological polar surface area (TPSA) is 49.5 Å². The zero-order valence-electron chi connectivity index (χ0n) is 8.98. The maximum atomic E-state index is 9.33. The summed E-state index contributed by atoms with van der Waals surface area (Å²) in [4.78, 5) is 3.32. The van der Waals surface area contributed by atoms with Crippen molar-refractivity contribution in [2.75, 3.05) is 20.1 Å². The molecule has 0 aromatic carbocycles. The monoisotopic (exact) mass is 292 g/mol. The number of hydrogen-bond acceptors (Lipinski definition) is 4. The van der Waals surface area contributed by atoms with Gasteiger partial charge in [-0.1, -0.05) is 0 Å². The third kappa shape index (κ3) is 3.85. The standard InChI is InChI=1S/C10H17BrN2OS/c1-7(14)6-13(2)8(5-12)9-3-4-10(11)15-9/h3-4,7-8,14H,5-6,12H2,1-2H3. The second kappa shape index (κ2) is 5.96. The molecule has 0 aliphatic heterocycles. The van der Waals surface area contributed by atoms with Gasteiger partial charge >= 0.3 is 0 Å². The largest absolute Gasteiger partial charge is 0.392 e. The average molecular weight is 293 g/mol. The molecule has 5 heteroatoms. The van der Waals surface area contributed by atoms with E-state index in [9.17, 15) is 5.11 Å². The van der Waals surface area contributed by atoms with E-state index < -0.39 is 0 Å².